The van der Waals surface area contributed by atoms with Gasteiger partial charge in [0, 0.05) is 0 Å². The van der Waals surface area contributed by atoms with Gasteiger partial charge in [0.15, 0.2) is 0 Å². The number of carboxylic acids is 1. The highest BCUT2D eigenvalue weighted by molar-refractivity contribution is 8.01. The van der Waals surface area contributed by atoms with Gasteiger partial charge in [0.1, 0.15) is 5.72 Å². The van der Waals surface area contributed by atoms with Crippen LogP contribution in [0.4, 0.5) is 0 Å². The lowest BCUT2D eigenvalue weighted by Gasteiger charge is -2.49. The maximum absolute atomic E-state index is 12.8. The van der Waals surface area contributed by atoms with E-state index in [4.69, 9.17) is 5.11 Å². The lowest BCUT2D eigenvalue weighted by molar-refractivity contribution is -0.175. The summed E-state index contributed by atoms with van der Waals surface area (Å²) in [5, 5.41) is 20.3. The molecular weight excluding hydrogens is 374 g/mol. The Hall–Kier alpha value is -1.79. The number of carbonyl (C=O) groups excluding carboxylic acids is 1. The summed E-state index contributed by atoms with van der Waals surface area (Å²) in [5.74, 6) is -0.487. The maximum Gasteiger partial charge on any atom is 0.335 e. The first-order chi connectivity index (χ1) is 13.4. The molecule has 1 saturated heterocycles. The van der Waals surface area contributed by atoms with Crippen LogP contribution in [-0.4, -0.2) is 43.3 Å². The molecule has 2 aliphatic rings. The van der Waals surface area contributed by atoms with Gasteiger partial charge >= 0.3 is 5.97 Å². The average molecular weight is 404 g/mol. The normalized spacial score (nSPS) is 24.3. The quantitative estimate of drug-likeness (QED) is 0.636. The number of rotatable bonds is 8. The van der Waals surface area contributed by atoms with Crippen LogP contribution in [-0.2, 0) is 11.2 Å². The number of hydrogen-bond donors (Lipinski definition) is 2. The van der Waals surface area contributed by atoms with E-state index in [-0.39, 0.29) is 11.5 Å². The van der Waals surface area contributed by atoms with E-state index in [9.17, 15) is 14.7 Å². The van der Waals surface area contributed by atoms with Crippen LogP contribution in [0.3, 0.4) is 0 Å². The minimum Gasteiger partial charge on any atom is -0.478 e. The number of carboxylic acid groups (broad SMARTS) is 1. The molecule has 1 aliphatic heterocycles. The van der Waals surface area contributed by atoms with Gasteiger partial charge in [-0.3, -0.25) is 9.69 Å². The van der Waals surface area contributed by atoms with Crippen molar-refractivity contribution in [3.05, 3.63) is 48.0 Å². The van der Waals surface area contributed by atoms with E-state index < -0.39 is 16.6 Å². The standard InChI is InChI=1S/C22H29NO4S/c1-2-12-22(15-6-7-17-8-10-18(11-9-17)20(25)26)23(19(24)16-28-22)21(27)13-4-3-5-14-21/h2,8-11,27H,1,3-7,12-16H2,(H,25,26). The number of amides is 1. The molecule has 1 amide bonds. The summed E-state index contributed by atoms with van der Waals surface area (Å²) in [7, 11) is 0. The number of aliphatic hydroxyl groups is 1. The Morgan fingerprint density at radius 2 is 1.89 bits per heavy atom. The van der Waals surface area contributed by atoms with E-state index in [1.54, 1.807) is 28.8 Å². The molecule has 5 nitrogen and oxygen atoms in total. The molecule has 0 spiro atoms. The van der Waals surface area contributed by atoms with E-state index in [2.05, 4.69) is 6.58 Å². The SMILES string of the molecule is C=CCC1(CCCc2ccc(C(=O)O)cc2)SCC(=O)N1C1(O)CCCCC1. The average Bonchev–Trinajstić information content (AvgIpc) is 3.00. The largest absolute Gasteiger partial charge is 0.478 e. The zero-order valence-electron chi connectivity index (χ0n) is 16.2. The molecule has 1 aromatic carbocycles. The van der Waals surface area contributed by atoms with Crippen LogP contribution >= 0.6 is 11.8 Å². The monoisotopic (exact) mass is 403 g/mol. The summed E-state index contributed by atoms with van der Waals surface area (Å²) in [5.41, 5.74) is 0.329. The van der Waals surface area contributed by atoms with E-state index in [1.807, 2.05) is 18.2 Å². The summed E-state index contributed by atoms with van der Waals surface area (Å²) in [6.45, 7) is 3.90. The zero-order valence-corrected chi connectivity index (χ0v) is 17.0. The summed E-state index contributed by atoms with van der Waals surface area (Å²) in [6.07, 6.45) is 9.25. The fourth-order valence-electron chi connectivity index (χ4n) is 4.55. The molecule has 1 aliphatic carbocycles. The van der Waals surface area contributed by atoms with Gasteiger partial charge in [-0.1, -0.05) is 24.6 Å². The fraction of sp³-hybridized carbons (Fsp3) is 0.545. The second-order valence-corrected chi connectivity index (χ2v) is 9.19. The number of aromatic carboxylic acids is 1. The van der Waals surface area contributed by atoms with Gasteiger partial charge in [0.05, 0.1) is 16.2 Å². The van der Waals surface area contributed by atoms with Crippen LogP contribution < -0.4 is 0 Å². The van der Waals surface area contributed by atoms with Gasteiger partial charge < -0.3 is 10.2 Å². The number of carbonyl (C=O) groups is 2. The summed E-state index contributed by atoms with van der Waals surface area (Å²) >= 11 is 1.63. The zero-order chi connectivity index (χ0) is 20.2. The van der Waals surface area contributed by atoms with Gasteiger partial charge in [-0.25, -0.2) is 4.79 Å². The molecule has 2 fully saturated rings. The summed E-state index contributed by atoms with van der Waals surface area (Å²) in [4.78, 5) is 25.1. The van der Waals surface area contributed by atoms with Gasteiger partial charge in [-0.05, 0) is 69.1 Å². The second-order valence-electron chi connectivity index (χ2n) is 7.86. The third-order valence-electron chi connectivity index (χ3n) is 5.89. The van der Waals surface area contributed by atoms with Crippen molar-refractivity contribution in [1.82, 2.24) is 4.90 Å². The van der Waals surface area contributed by atoms with Crippen molar-refractivity contribution in [1.29, 1.82) is 0 Å². The Balaban J connectivity index is 1.72. The molecule has 1 aromatic rings. The molecule has 0 aromatic heterocycles. The highest BCUT2D eigenvalue weighted by Gasteiger charge is 2.54. The van der Waals surface area contributed by atoms with Crippen LogP contribution in [0.25, 0.3) is 0 Å². The van der Waals surface area contributed by atoms with Crippen molar-refractivity contribution in [2.45, 2.75) is 68.4 Å². The van der Waals surface area contributed by atoms with Crippen molar-refractivity contribution in [3.8, 4) is 0 Å². The van der Waals surface area contributed by atoms with E-state index in [1.165, 1.54) is 0 Å². The predicted molar refractivity (Wildman–Crippen MR) is 111 cm³/mol. The molecule has 1 saturated carbocycles. The topological polar surface area (TPSA) is 77.8 Å². The van der Waals surface area contributed by atoms with Crippen molar-refractivity contribution < 1.29 is 19.8 Å². The lowest BCUT2D eigenvalue weighted by Crippen LogP contribution is -2.59. The number of hydrogen-bond acceptors (Lipinski definition) is 4. The van der Waals surface area contributed by atoms with Gasteiger partial charge in [0.2, 0.25) is 5.91 Å². The Bertz CT molecular complexity index is 727. The smallest absolute Gasteiger partial charge is 0.335 e. The molecule has 0 radical (unpaired) electrons. The minimum atomic E-state index is -1.04. The van der Waals surface area contributed by atoms with Gasteiger partial charge in [-0.15, -0.1) is 18.3 Å². The minimum absolute atomic E-state index is 0.0297. The molecule has 6 heteroatoms. The molecule has 152 valence electrons. The number of nitrogens with zero attached hydrogens (tertiary/aromatic N) is 1. The second kappa shape index (κ2) is 8.70. The van der Waals surface area contributed by atoms with Crippen LogP contribution in [0.5, 0.6) is 0 Å². The van der Waals surface area contributed by atoms with Gasteiger partial charge in [0.25, 0.3) is 0 Å². The Labute approximate surface area is 170 Å². The van der Waals surface area contributed by atoms with E-state index in [0.29, 0.717) is 25.0 Å². The molecule has 1 heterocycles. The van der Waals surface area contributed by atoms with Crippen molar-refractivity contribution in [3.63, 3.8) is 0 Å². The fourth-order valence-corrected chi connectivity index (χ4v) is 6.00. The van der Waals surface area contributed by atoms with Crippen molar-refractivity contribution in [2.75, 3.05) is 5.75 Å². The third-order valence-corrected chi connectivity index (χ3v) is 7.37. The third kappa shape index (κ3) is 4.28. The summed E-state index contributed by atoms with van der Waals surface area (Å²) in [6, 6.07) is 6.95. The maximum atomic E-state index is 12.8. The van der Waals surface area contributed by atoms with Crippen molar-refractivity contribution in [2.24, 2.45) is 0 Å². The highest BCUT2D eigenvalue weighted by Crippen LogP contribution is 2.49. The van der Waals surface area contributed by atoms with Crippen LogP contribution in [0.1, 0.15) is 67.3 Å². The molecule has 2 N–H and O–H groups in total. The first-order valence-corrected chi connectivity index (χ1v) is 11.0. The van der Waals surface area contributed by atoms with Crippen LogP contribution in [0, 0.1) is 0 Å². The Morgan fingerprint density at radius 3 is 2.50 bits per heavy atom. The Kier molecular flexibility index (Phi) is 6.50. The van der Waals surface area contributed by atoms with Gasteiger partial charge in [-0.2, -0.15) is 0 Å². The molecular formula is C22H29NO4S. The van der Waals surface area contributed by atoms with Crippen molar-refractivity contribution >= 4 is 23.6 Å². The van der Waals surface area contributed by atoms with E-state index in [0.717, 1.165) is 44.1 Å². The Morgan fingerprint density at radius 1 is 1.21 bits per heavy atom. The molecule has 1 atom stereocenters. The predicted octanol–water partition coefficient (Wildman–Crippen LogP) is 4.21. The summed E-state index contributed by atoms with van der Waals surface area (Å²) < 4.78 is 0. The first kappa shape index (κ1) is 20.9. The molecule has 28 heavy (non-hydrogen) atoms. The number of aryl methyl sites for hydroxylation is 1. The highest BCUT2D eigenvalue weighted by atomic mass is 32.2. The molecule has 0 bridgehead atoms. The van der Waals surface area contributed by atoms with Crippen LogP contribution in [0.2, 0.25) is 0 Å². The van der Waals surface area contributed by atoms with E-state index >= 15 is 0 Å². The van der Waals surface area contributed by atoms with Crippen LogP contribution in [0.15, 0.2) is 36.9 Å². The first-order valence-electron chi connectivity index (χ1n) is 10.0. The number of benzene rings is 1. The molecule has 3 rings (SSSR count). The lowest BCUT2D eigenvalue weighted by atomic mass is 9.87. The molecule has 1 unspecified atom stereocenters. The number of thioether (sulfide) groups is 1.